The van der Waals surface area contributed by atoms with Crippen LogP contribution in [0.15, 0.2) is 4.90 Å². The minimum absolute atomic E-state index is 0.102. The molecular formula is C12H18N2O3S3. The van der Waals surface area contributed by atoms with Crippen LogP contribution in [0.25, 0.3) is 0 Å². The van der Waals surface area contributed by atoms with Crippen molar-refractivity contribution in [2.45, 2.75) is 18.2 Å². The third-order valence-electron chi connectivity index (χ3n) is 3.13. The van der Waals surface area contributed by atoms with Gasteiger partial charge < -0.3 is 10.6 Å². The zero-order valence-corrected chi connectivity index (χ0v) is 14.0. The minimum Gasteiger partial charge on any atom is -0.396 e. The third-order valence-corrected chi connectivity index (χ3v) is 6.66. The van der Waals surface area contributed by atoms with Crippen LogP contribution in [-0.4, -0.2) is 45.1 Å². The van der Waals surface area contributed by atoms with Crippen molar-refractivity contribution < 1.29 is 13.2 Å². The maximum absolute atomic E-state index is 12.0. The number of anilines is 2. The molecule has 2 heterocycles. The normalized spacial score (nSPS) is 16.4. The summed E-state index contributed by atoms with van der Waals surface area (Å²) >= 11 is 3.06. The predicted molar refractivity (Wildman–Crippen MR) is 86.0 cm³/mol. The Morgan fingerprint density at radius 3 is 2.45 bits per heavy atom. The summed E-state index contributed by atoms with van der Waals surface area (Å²) in [6.07, 6.45) is 1.47. The molecule has 0 bridgehead atoms. The molecule has 1 aromatic rings. The van der Waals surface area contributed by atoms with E-state index in [4.69, 9.17) is 5.73 Å². The second-order valence-corrected chi connectivity index (χ2v) is 8.80. The van der Waals surface area contributed by atoms with Crippen LogP contribution < -0.4 is 10.6 Å². The Balaban J connectivity index is 2.57. The maximum Gasteiger partial charge on any atom is 0.180 e. The number of carbonyl (C=O) groups excluding carboxylic acids is 1. The number of carbonyl (C=O) groups is 1. The molecule has 5 nitrogen and oxygen atoms in total. The van der Waals surface area contributed by atoms with Crippen LogP contribution in [0.1, 0.15) is 23.0 Å². The highest BCUT2D eigenvalue weighted by molar-refractivity contribution is 7.99. The van der Waals surface area contributed by atoms with Crippen molar-refractivity contribution in [3.63, 3.8) is 0 Å². The molecule has 1 fully saturated rings. The number of nitrogen functional groups attached to an aromatic ring is 1. The van der Waals surface area contributed by atoms with Crippen LogP contribution >= 0.6 is 23.1 Å². The summed E-state index contributed by atoms with van der Waals surface area (Å²) in [6, 6.07) is 0. The Morgan fingerprint density at radius 1 is 1.35 bits per heavy atom. The molecule has 1 aliphatic rings. The zero-order valence-electron chi connectivity index (χ0n) is 11.5. The SMILES string of the molecule is CCC(=O)c1sc(N2CCSCC2)c(S(C)(=O)=O)c1N. The molecule has 8 heteroatoms. The number of Topliss-reactive ketones (excluding diaryl/α,β-unsaturated/α-hetero) is 1. The Labute approximate surface area is 127 Å². The van der Waals surface area contributed by atoms with Gasteiger partial charge in [-0.3, -0.25) is 4.79 Å². The number of nitrogens with two attached hydrogens (primary N) is 1. The highest BCUT2D eigenvalue weighted by Crippen LogP contribution is 2.42. The molecule has 2 rings (SSSR count). The van der Waals surface area contributed by atoms with Gasteiger partial charge in [0.2, 0.25) is 0 Å². The molecule has 1 aromatic heterocycles. The maximum atomic E-state index is 12.0. The molecule has 0 aliphatic carbocycles. The molecule has 0 atom stereocenters. The van der Waals surface area contributed by atoms with E-state index in [9.17, 15) is 13.2 Å². The van der Waals surface area contributed by atoms with E-state index >= 15 is 0 Å². The van der Waals surface area contributed by atoms with Crippen molar-refractivity contribution in [1.82, 2.24) is 0 Å². The van der Waals surface area contributed by atoms with Crippen molar-refractivity contribution >= 4 is 49.4 Å². The lowest BCUT2D eigenvalue weighted by Gasteiger charge is -2.27. The number of sulfone groups is 1. The van der Waals surface area contributed by atoms with E-state index in [0.29, 0.717) is 16.3 Å². The fourth-order valence-corrected chi connectivity index (χ4v) is 5.79. The quantitative estimate of drug-likeness (QED) is 0.847. The number of thiophene rings is 1. The van der Waals surface area contributed by atoms with Gasteiger partial charge in [0.05, 0.1) is 10.6 Å². The van der Waals surface area contributed by atoms with Crippen LogP contribution in [0.5, 0.6) is 0 Å². The molecule has 0 radical (unpaired) electrons. The minimum atomic E-state index is -3.45. The van der Waals surface area contributed by atoms with E-state index in [2.05, 4.69) is 0 Å². The van der Waals surface area contributed by atoms with Gasteiger partial charge in [-0.2, -0.15) is 11.8 Å². The molecule has 2 N–H and O–H groups in total. The summed E-state index contributed by atoms with van der Waals surface area (Å²) in [6.45, 7) is 3.32. The Bertz CT molecular complexity index is 616. The van der Waals surface area contributed by atoms with Crippen LogP contribution in [0, 0.1) is 0 Å². The molecule has 0 aromatic carbocycles. The second-order valence-electron chi connectivity index (χ2n) is 4.63. The zero-order chi connectivity index (χ0) is 14.9. The Morgan fingerprint density at radius 2 is 1.95 bits per heavy atom. The summed E-state index contributed by atoms with van der Waals surface area (Å²) in [5.74, 6) is 1.81. The van der Waals surface area contributed by atoms with Crippen molar-refractivity contribution in [3.8, 4) is 0 Å². The topological polar surface area (TPSA) is 80.5 Å². The van der Waals surface area contributed by atoms with Crippen molar-refractivity contribution in [1.29, 1.82) is 0 Å². The lowest BCUT2D eigenvalue weighted by molar-refractivity contribution is 0.0992. The average molecular weight is 334 g/mol. The first-order valence-corrected chi connectivity index (χ1v) is 10.2. The van der Waals surface area contributed by atoms with Gasteiger partial charge in [0.25, 0.3) is 0 Å². The number of rotatable bonds is 4. The van der Waals surface area contributed by atoms with Gasteiger partial charge in [-0.1, -0.05) is 6.92 Å². The molecule has 1 saturated heterocycles. The predicted octanol–water partition coefficient (Wildman–Crippen LogP) is 1.88. The molecule has 0 saturated carbocycles. The van der Waals surface area contributed by atoms with Crippen LogP contribution in [0.4, 0.5) is 10.7 Å². The number of hydrogen-bond donors (Lipinski definition) is 1. The van der Waals surface area contributed by atoms with Gasteiger partial charge in [-0.05, 0) is 0 Å². The first kappa shape index (κ1) is 15.7. The third kappa shape index (κ3) is 2.96. The first-order chi connectivity index (χ1) is 9.36. The van der Waals surface area contributed by atoms with E-state index in [1.54, 1.807) is 6.92 Å². The van der Waals surface area contributed by atoms with Crippen LogP contribution in [0.3, 0.4) is 0 Å². The van der Waals surface area contributed by atoms with Crippen molar-refractivity contribution in [2.75, 3.05) is 41.5 Å². The monoisotopic (exact) mass is 334 g/mol. The van der Waals surface area contributed by atoms with E-state index in [1.807, 2.05) is 16.7 Å². The van der Waals surface area contributed by atoms with Gasteiger partial charge in [-0.25, -0.2) is 8.42 Å². The Hall–Kier alpha value is -0.730. The fraction of sp³-hybridized carbons (Fsp3) is 0.583. The second kappa shape index (κ2) is 5.95. The van der Waals surface area contributed by atoms with Gasteiger partial charge >= 0.3 is 0 Å². The van der Waals surface area contributed by atoms with Crippen molar-refractivity contribution in [2.24, 2.45) is 0 Å². The summed E-state index contributed by atoms with van der Waals surface area (Å²) in [5, 5.41) is 0.627. The summed E-state index contributed by atoms with van der Waals surface area (Å²) in [4.78, 5) is 14.5. The number of thioether (sulfide) groups is 1. The molecule has 20 heavy (non-hydrogen) atoms. The number of ketones is 1. The summed E-state index contributed by atoms with van der Waals surface area (Å²) < 4.78 is 24.0. The van der Waals surface area contributed by atoms with E-state index in [1.165, 1.54) is 11.3 Å². The van der Waals surface area contributed by atoms with Gasteiger partial charge in [0.15, 0.2) is 15.6 Å². The van der Waals surface area contributed by atoms with Crippen LogP contribution in [-0.2, 0) is 9.84 Å². The molecular weight excluding hydrogens is 316 g/mol. The Kier molecular flexibility index (Phi) is 4.66. The van der Waals surface area contributed by atoms with E-state index in [-0.39, 0.29) is 16.4 Å². The van der Waals surface area contributed by atoms with Crippen LogP contribution in [0.2, 0.25) is 0 Å². The molecule has 112 valence electrons. The smallest absolute Gasteiger partial charge is 0.180 e. The summed E-state index contributed by atoms with van der Waals surface area (Å²) in [7, 11) is -3.45. The van der Waals surface area contributed by atoms with Gasteiger partial charge in [0.1, 0.15) is 9.90 Å². The lowest BCUT2D eigenvalue weighted by Crippen LogP contribution is -2.32. The number of nitrogens with zero attached hydrogens (tertiary/aromatic N) is 1. The highest BCUT2D eigenvalue weighted by Gasteiger charge is 2.29. The molecule has 0 unspecified atom stereocenters. The lowest BCUT2D eigenvalue weighted by atomic mass is 10.2. The standard InChI is InChI=1S/C12H18N2O3S3/c1-3-8(15)10-9(13)11(20(2,16)17)12(19-10)14-4-6-18-7-5-14/h3-7,13H2,1-2H3. The molecule has 1 aliphatic heterocycles. The molecule has 0 amide bonds. The van der Waals surface area contributed by atoms with Gasteiger partial charge in [0, 0.05) is 37.3 Å². The average Bonchev–Trinajstić information content (AvgIpc) is 2.76. The van der Waals surface area contributed by atoms with Gasteiger partial charge in [-0.15, -0.1) is 11.3 Å². The number of hydrogen-bond acceptors (Lipinski definition) is 7. The fourth-order valence-electron chi connectivity index (χ4n) is 2.12. The first-order valence-electron chi connectivity index (χ1n) is 6.34. The summed E-state index contributed by atoms with van der Waals surface area (Å²) in [5.41, 5.74) is 6.07. The molecule has 0 spiro atoms. The van der Waals surface area contributed by atoms with Crippen molar-refractivity contribution in [3.05, 3.63) is 4.88 Å². The highest BCUT2D eigenvalue weighted by atomic mass is 32.2. The van der Waals surface area contributed by atoms with E-state index in [0.717, 1.165) is 30.9 Å². The van der Waals surface area contributed by atoms with E-state index < -0.39 is 9.84 Å². The largest absolute Gasteiger partial charge is 0.396 e.